The first-order chi connectivity index (χ1) is 7.31. The SMILES string of the molecule is O=C1NCc2cc(C=CCCO)ccc21. The van der Waals surface area contributed by atoms with Crippen LogP contribution in [0.4, 0.5) is 0 Å². The first kappa shape index (κ1) is 9.93. The van der Waals surface area contributed by atoms with Gasteiger partial charge in [0, 0.05) is 18.7 Å². The predicted molar refractivity (Wildman–Crippen MR) is 58.3 cm³/mol. The Kier molecular flexibility index (Phi) is 2.83. The molecule has 1 heterocycles. The number of hydrogen-bond acceptors (Lipinski definition) is 2. The summed E-state index contributed by atoms with van der Waals surface area (Å²) in [5, 5.41) is 11.4. The summed E-state index contributed by atoms with van der Waals surface area (Å²) in [7, 11) is 0. The van der Waals surface area contributed by atoms with Crippen LogP contribution in [0.1, 0.15) is 27.9 Å². The molecule has 0 fully saturated rings. The van der Waals surface area contributed by atoms with E-state index in [1.807, 2.05) is 30.4 Å². The molecular formula is C12H13NO2. The number of benzene rings is 1. The minimum absolute atomic E-state index is 0.0101. The molecule has 1 aromatic carbocycles. The van der Waals surface area contributed by atoms with Gasteiger partial charge in [0.25, 0.3) is 5.91 Å². The zero-order valence-corrected chi connectivity index (χ0v) is 8.36. The molecule has 0 spiro atoms. The first-order valence-electron chi connectivity index (χ1n) is 5.00. The molecule has 0 aromatic heterocycles. The fraction of sp³-hybridized carbons (Fsp3) is 0.250. The summed E-state index contributed by atoms with van der Waals surface area (Å²) in [6, 6.07) is 5.76. The molecule has 2 N–H and O–H groups in total. The highest BCUT2D eigenvalue weighted by molar-refractivity contribution is 5.98. The molecule has 3 heteroatoms. The van der Waals surface area contributed by atoms with Crippen LogP contribution < -0.4 is 5.32 Å². The maximum atomic E-state index is 11.3. The number of amides is 1. The van der Waals surface area contributed by atoms with Crippen LogP contribution in [0.3, 0.4) is 0 Å². The zero-order valence-electron chi connectivity index (χ0n) is 8.36. The number of aliphatic hydroxyl groups excluding tert-OH is 1. The summed E-state index contributed by atoms with van der Waals surface area (Å²) in [5.41, 5.74) is 2.89. The quantitative estimate of drug-likeness (QED) is 0.778. The highest BCUT2D eigenvalue weighted by atomic mass is 16.2. The normalized spacial score (nSPS) is 14.3. The van der Waals surface area contributed by atoms with E-state index in [2.05, 4.69) is 5.32 Å². The molecule has 0 saturated carbocycles. The van der Waals surface area contributed by atoms with Crippen molar-refractivity contribution >= 4 is 12.0 Å². The topological polar surface area (TPSA) is 49.3 Å². The van der Waals surface area contributed by atoms with Gasteiger partial charge in [-0.25, -0.2) is 0 Å². The molecule has 0 unspecified atom stereocenters. The van der Waals surface area contributed by atoms with Crippen molar-refractivity contribution < 1.29 is 9.90 Å². The van der Waals surface area contributed by atoms with Gasteiger partial charge in [-0.1, -0.05) is 18.2 Å². The first-order valence-corrected chi connectivity index (χ1v) is 5.00. The van der Waals surface area contributed by atoms with E-state index in [1.54, 1.807) is 0 Å². The van der Waals surface area contributed by atoms with Gasteiger partial charge in [0.15, 0.2) is 0 Å². The van der Waals surface area contributed by atoms with Gasteiger partial charge in [0.05, 0.1) is 0 Å². The molecule has 1 amide bonds. The van der Waals surface area contributed by atoms with Crippen LogP contribution in [-0.4, -0.2) is 17.6 Å². The Labute approximate surface area is 88.4 Å². The van der Waals surface area contributed by atoms with Crippen molar-refractivity contribution in [3.05, 3.63) is 41.0 Å². The minimum atomic E-state index is 0.0101. The third kappa shape index (κ3) is 2.07. The van der Waals surface area contributed by atoms with Crippen molar-refractivity contribution in [1.82, 2.24) is 5.32 Å². The molecule has 0 bridgehead atoms. The highest BCUT2D eigenvalue weighted by Crippen LogP contribution is 2.17. The van der Waals surface area contributed by atoms with Gasteiger partial charge in [-0.05, 0) is 29.7 Å². The number of carbonyl (C=O) groups excluding carboxylic acids is 1. The van der Waals surface area contributed by atoms with E-state index in [4.69, 9.17) is 5.11 Å². The molecule has 1 aliphatic heterocycles. The molecule has 0 atom stereocenters. The number of fused-ring (bicyclic) bond motifs is 1. The standard InChI is InChI=1S/C12H13NO2/c14-6-2-1-3-9-4-5-11-10(7-9)8-13-12(11)15/h1,3-5,7,14H,2,6,8H2,(H,13,15). The number of hydrogen-bond donors (Lipinski definition) is 2. The molecular weight excluding hydrogens is 190 g/mol. The molecule has 3 nitrogen and oxygen atoms in total. The van der Waals surface area contributed by atoms with Crippen LogP contribution in [0.5, 0.6) is 0 Å². The van der Waals surface area contributed by atoms with Crippen molar-refractivity contribution in [2.45, 2.75) is 13.0 Å². The monoisotopic (exact) mass is 203 g/mol. The van der Waals surface area contributed by atoms with Gasteiger partial charge in [-0.2, -0.15) is 0 Å². The molecule has 2 rings (SSSR count). The van der Waals surface area contributed by atoms with E-state index in [0.29, 0.717) is 13.0 Å². The number of aliphatic hydroxyl groups is 1. The Balaban J connectivity index is 2.19. The molecule has 0 aliphatic carbocycles. The lowest BCUT2D eigenvalue weighted by Gasteiger charge is -1.97. The maximum Gasteiger partial charge on any atom is 0.251 e. The second-order valence-electron chi connectivity index (χ2n) is 3.51. The smallest absolute Gasteiger partial charge is 0.251 e. The van der Waals surface area contributed by atoms with E-state index < -0.39 is 0 Å². The molecule has 0 radical (unpaired) electrons. The fourth-order valence-electron chi connectivity index (χ4n) is 1.65. The Hall–Kier alpha value is -1.61. The molecule has 1 aromatic rings. The zero-order chi connectivity index (χ0) is 10.7. The Morgan fingerprint density at radius 1 is 1.47 bits per heavy atom. The predicted octanol–water partition coefficient (Wildman–Crippen LogP) is 1.33. The number of rotatable bonds is 3. The summed E-state index contributed by atoms with van der Waals surface area (Å²) in [6.07, 6.45) is 4.54. The van der Waals surface area contributed by atoms with Crippen molar-refractivity contribution in [3.63, 3.8) is 0 Å². The van der Waals surface area contributed by atoms with Crippen molar-refractivity contribution in [2.75, 3.05) is 6.61 Å². The van der Waals surface area contributed by atoms with Crippen LogP contribution in [0.2, 0.25) is 0 Å². The van der Waals surface area contributed by atoms with E-state index in [0.717, 1.165) is 16.7 Å². The van der Waals surface area contributed by atoms with Gasteiger partial charge in [0.2, 0.25) is 0 Å². The second kappa shape index (κ2) is 4.28. The third-order valence-electron chi connectivity index (χ3n) is 2.42. The summed E-state index contributed by atoms with van der Waals surface area (Å²) < 4.78 is 0. The van der Waals surface area contributed by atoms with Gasteiger partial charge in [-0.3, -0.25) is 4.79 Å². The fourth-order valence-corrected chi connectivity index (χ4v) is 1.65. The number of nitrogens with one attached hydrogen (secondary N) is 1. The summed E-state index contributed by atoms with van der Waals surface area (Å²) in [5.74, 6) is 0.0101. The van der Waals surface area contributed by atoms with Gasteiger partial charge >= 0.3 is 0 Å². The number of carbonyl (C=O) groups is 1. The van der Waals surface area contributed by atoms with Crippen LogP contribution in [0.25, 0.3) is 6.08 Å². The lowest BCUT2D eigenvalue weighted by atomic mass is 10.1. The van der Waals surface area contributed by atoms with Crippen LogP contribution >= 0.6 is 0 Å². The minimum Gasteiger partial charge on any atom is -0.396 e. The molecule has 78 valence electrons. The van der Waals surface area contributed by atoms with Gasteiger partial charge in [-0.15, -0.1) is 0 Å². The van der Waals surface area contributed by atoms with Gasteiger partial charge < -0.3 is 10.4 Å². The van der Waals surface area contributed by atoms with Crippen LogP contribution in [0.15, 0.2) is 24.3 Å². The van der Waals surface area contributed by atoms with Gasteiger partial charge in [0.1, 0.15) is 0 Å². The lowest BCUT2D eigenvalue weighted by molar-refractivity contribution is 0.0966. The Morgan fingerprint density at radius 3 is 3.13 bits per heavy atom. The van der Waals surface area contributed by atoms with E-state index >= 15 is 0 Å². The van der Waals surface area contributed by atoms with E-state index in [-0.39, 0.29) is 12.5 Å². The Bertz CT molecular complexity index is 410. The third-order valence-corrected chi connectivity index (χ3v) is 2.42. The molecule has 0 saturated heterocycles. The van der Waals surface area contributed by atoms with Crippen molar-refractivity contribution in [3.8, 4) is 0 Å². The summed E-state index contributed by atoms with van der Waals surface area (Å²) >= 11 is 0. The summed E-state index contributed by atoms with van der Waals surface area (Å²) in [6.45, 7) is 0.789. The molecule has 1 aliphatic rings. The summed E-state index contributed by atoms with van der Waals surface area (Å²) in [4.78, 5) is 11.3. The van der Waals surface area contributed by atoms with E-state index in [9.17, 15) is 4.79 Å². The van der Waals surface area contributed by atoms with E-state index in [1.165, 1.54) is 0 Å². The van der Waals surface area contributed by atoms with Crippen LogP contribution in [0, 0.1) is 0 Å². The highest BCUT2D eigenvalue weighted by Gasteiger charge is 2.17. The molecule has 15 heavy (non-hydrogen) atoms. The second-order valence-corrected chi connectivity index (χ2v) is 3.51. The maximum absolute atomic E-state index is 11.3. The van der Waals surface area contributed by atoms with Crippen LogP contribution in [-0.2, 0) is 6.54 Å². The van der Waals surface area contributed by atoms with Crippen molar-refractivity contribution in [1.29, 1.82) is 0 Å². The van der Waals surface area contributed by atoms with Crippen molar-refractivity contribution in [2.24, 2.45) is 0 Å². The average Bonchev–Trinajstić information content (AvgIpc) is 2.61. The largest absolute Gasteiger partial charge is 0.396 e. The average molecular weight is 203 g/mol. The lowest BCUT2D eigenvalue weighted by Crippen LogP contribution is -2.12. The Morgan fingerprint density at radius 2 is 2.33 bits per heavy atom.